The summed E-state index contributed by atoms with van der Waals surface area (Å²) in [6.45, 7) is 6.89. The smallest absolute Gasteiger partial charge is 0.175 e. The molecule has 0 amide bonds. The van der Waals surface area contributed by atoms with Crippen molar-refractivity contribution < 1.29 is 4.74 Å². The van der Waals surface area contributed by atoms with Crippen molar-refractivity contribution in [3.63, 3.8) is 0 Å². The van der Waals surface area contributed by atoms with E-state index in [9.17, 15) is 0 Å². The van der Waals surface area contributed by atoms with E-state index in [4.69, 9.17) is 4.74 Å². The summed E-state index contributed by atoms with van der Waals surface area (Å²) in [7, 11) is 0. The Morgan fingerprint density at radius 3 is 2.68 bits per heavy atom. The topological polar surface area (TPSA) is 63.7 Å². The van der Waals surface area contributed by atoms with Crippen molar-refractivity contribution in [2.24, 2.45) is 0 Å². The van der Waals surface area contributed by atoms with Gasteiger partial charge < -0.3 is 4.74 Å². The van der Waals surface area contributed by atoms with E-state index in [2.05, 4.69) is 82.0 Å². The molecule has 0 radical (unpaired) electrons. The first-order chi connectivity index (χ1) is 15.1. The van der Waals surface area contributed by atoms with Crippen LogP contribution in [-0.2, 0) is 13.0 Å². The Kier molecular flexibility index (Phi) is 6.63. The van der Waals surface area contributed by atoms with Gasteiger partial charge in [-0.05, 0) is 64.6 Å². The van der Waals surface area contributed by atoms with Gasteiger partial charge in [0, 0.05) is 23.5 Å². The molecule has 0 spiro atoms. The largest absolute Gasteiger partial charge is 0.489 e. The lowest BCUT2D eigenvalue weighted by molar-refractivity contribution is 0.306. The van der Waals surface area contributed by atoms with Crippen molar-refractivity contribution in [2.75, 3.05) is 0 Å². The standard InChI is InChI=1S/C25H26N4OS/c1-4-5-6-20(14-25-26-28-29-27-25)19-8-10-21(11-9-19)30-15-18-7-12-24-22(13-18)23(16-31-24)17(2)3/h7-13,16-17,20H,6,14-15H2,1-3H3,(H,26,27,28,29)/t20-/m0/s1. The fourth-order valence-electron chi connectivity index (χ4n) is 3.66. The van der Waals surface area contributed by atoms with Crippen molar-refractivity contribution in [3.05, 3.63) is 70.4 Å². The minimum Gasteiger partial charge on any atom is -0.489 e. The van der Waals surface area contributed by atoms with E-state index in [1.807, 2.05) is 30.4 Å². The number of fused-ring (bicyclic) bond motifs is 1. The molecule has 4 aromatic rings. The van der Waals surface area contributed by atoms with Crippen LogP contribution in [0.1, 0.15) is 61.5 Å². The molecule has 0 saturated carbocycles. The fourth-order valence-corrected chi connectivity index (χ4v) is 4.76. The summed E-state index contributed by atoms with van der Waals surface area (Å²) in [5, 5.41) is 18.0. The van der Waals surface area contributed by atoms with E-state index < -0.39 is 0 Å². The van der Waals surface area contributed by atoms with Crippen LogP contribution in [0.2, 0.25) is 0 Å². The molecule has 4 rings (SSSR count). The van der Waals surface area contributed by atoms with Crippen LogP contribution in [-0.4, -0.2) is 20.6 Å². The molecule has 1 atom stereocenters. The van der Waals surface area contributed by atoms with Crippen molar-refractivity contribution in [1.29, 1.82) is 0 Å². The number of benzene rings is 2. The van der Waals surface area contributed by atoms with Crippen molar-refractivity contribution in [3.8, 4) is 17.6 Å². The normalized spacial score (nSPS) is 12.0. The van der Waals surface area contributed by atoms with Crippen LogP contribution in [0.4, 0.5) is 0 Å². The number of hydrogen-bond donors (Lipinski definition) is 1. The average Bonchev–Trinajstić information content (AvgIpc) is 3.45. The van der Waals surface area contributed by atoms with Gasteiger partial charge >= 0.3 is 0 Å². The summed E-state index contributed by atoms with van der Waals surface area (Å²) in [6.07, 6.45) is 1.45. The molecule has 0 fully saturated rings. The number of thiophene rings is 1. The lowest BCUT2D eigenvalue weighted by Gasteiger charge is -2.14. The Morgan fingerprint density at radius 1 is 1.13 bits per heavy atom. The van der Waals surface area contributed by atoms with Gasteiger partial charge in [-0.2, -0.15) is 5.21 Å². The lowest BCUT2D eigenvalue weighted by Crippen LogP contribution is -2.04. The van der Waals surface area contributed by atoms with Gasteiger partial charge in [-0.1, -0.05) is 37.3 Å². The van der Waals surface area contributed by atoms with Gasteiger partial charge in [0.05, 0.1) is 0 Å². The molecule has 2 heterocycles. The van der Waals surface area contributed by atoms with Gasteiger partial charge in [-0.15, -0.1) is 33.4 Å². The Hall–Kier alpha value is -3.17. The first-order valence-corrected chi connectivity index (χ1v) is 11.4. The quantitative estimate of drug-likeness (QED) is 0.356. The van der Waals surface area contributed by atoms with Crippen molar-refractivity contribution in [2.45, 2.75) is 52.1 Å². The molecule has 31 heavy (non-hydrogen) atoms. The Bertz CT molecular complexity index is 1180. The van der Waals surface area contributed by atoms with Gasteiger partial charge in [0.2, 0.25) is 0 Å². The molecule has 5 nitrogen and oxygen atoms in total. The van der Waals surface area contributed by atoms with Gasteiger partial charge in [0.25, 0.3) is 0 Å². The third kappa shape index (κ3) is 5.12. The average molecular weight is 431 g/mol. The van der Waals surface area contributed by atoms with Gasteiger partial charge in [-0.3, -0.25) is 0 Å². The molecule has 0 aliphatic rings. The molecular formula is C25H26N4OS. The predicted molar refractivity (Wildman–Crippen MR) is 125 cm³/mol. The van der Waals surface area contributed by atoms with Crippen LogP contribution in [0, 0.1) is 11.8 Å². The number of ether oxygens (including phenoxy) is 1. The minimum atomic E-state index is 0.217. The number of aromatic amines is 1. The highest BCUT2D eigenvalue weighted by molar-refractivity contribution is 7.17. The van der Waals surface area contributed by atoms with Crippen LogP contribution in [0.15, 0.2) is 47.8 Å². The zero-order valence-electron chi connectivity index (χ0n) is 18.1. The van der Waals surface area contributed by atoms with Gasteiger partial charge in [-0.25, -0.2) is 0 Å². The van der Waals surface area contributed by atoms with Gasteiger partial charge in [0.1, 0.15) is 12.4 Å². The molecule has 2 aromatic carbocycles. The molecule has 0 aliphatic carbocycles. The number of tetrazole rings is 1. The summed E-state index contributed by atoms with van der Waals surface area (Å²) < 4.78 is 7.41. The zero-order chi connectivity index (χ0) is 21.6. The van der Waals surface area contributed by atoms with E-state index in [1.165, 1.54) is 26.8 Å². The maximum atomic E-state index is 6.08. The summed E-state index contributed by atoms with van der Waals surface area (Å²) in [4.78, 5) is 0. The second-order valence-corrected chi connectivity index (χ2v) is 8.81. The minimum absolute atomic E-state index is 0.217. The molecule has 6 heteroatoms. The Labute approximate surface area is 186 Å². The van der Waals surface area contributed by atoms with Crippen LogP contribution in [0.5, 0.6) is 5.75 Å². The van der Waals surface area contributed by atoms with E-state index in [0.717, 1.165) is 12.2 Å². The summed E-state index contributed by atoms with van der Waals surface area (Å²) >= 11 is 1.81. The fraction of sp³-hybridized carbons (Fsp3) is 0.320. The molecule has 0 aliphatic heterocycles. The summed E-state index contributed by atoms with van der Waals surface area (Å²) in [5.41, 5.74) is 3.79. The van der Waals surface area contributed by atoms with E-state index >= 15 is 0 Å². The SMILES string of the molecule is CC#CC[C@@H](Cc1nn[nH]n1)c1ccc(OCc2ccc3scc(C(C)C)c3c2)cc1. The van der Waals surface area contributed by atoms with Crippen LogP contribution < -0.4 is 4.74 Å². The number of H-pyrrole nitrogens is 1. The number of nitrogens with zero attached hydrogens (tertiary/aromatic N) is 3. The molecule has 1 N–H and O–H groups in total. The van der Waals surface area contributed by atoms with Gasteiger partial charge in [0.15, 0.2) is 5.82 Å². The molecule has 158 valence electrons. The Balaban J connectivity index is 1.44. The van der Waals surface area contributed by atoms with Crippen molar-refractivity contribution >= 4 is 21.4 Å². The monoisotopic (exact) mass is 430 g/mol. The molecular weight excluding hydrogens is 404 g/mol. The maximum absolute atomic E-state index is 6.08. The van der Waals surface area contributed by atoms with E-state index in [1.54, 1.807) is 0 Å². The second-order valence-electron chi connectivity index (χ2n) is 7.89. The number of rotatable bonds is 8. The molecule has 2 aromatic heterocycles. The maximum Gasteiger partial charge on any atom is 0.175 e. The predicted octanol–water partition coefficient (Wildman–Crippen LogP) is 5.86. The first kappa shape index (κ1) is 21.1. The third-order valence-corrected chi connectivity index (χ3v) is 6.37. The van der Waals surface area contributed by atoms with Crippen molar-refractivity contribution in [1.82, 2.24) is 20.6 Å². The highest BCUT2D eigenvalue weighted by Gasteiger charge is 2.14. The first-order valence-electron chi connectivity index (χ1n) is 10.5. The lowest BCUT2D eigenvalue weighted by atomic mass is 9.92. The second kappa shape index (κ2) is 9.76. The summed E-state index contributed by atoms with van der Waals surface area (Å²) in [5.74, 6) is 8.46. The molecule has 0 saturated heterocycles. The number of nitrogens with one attached hydrogen (secondary N) is 1. The highest BCUT2D eigenvalue weighted by atomic mass is 32.1. The number of aromatic nitrogens is 4. The van der Waals surface area contributed by atoms with E-state index in [-0.39, 0.29) is 5.92 Å². The Morgan fingerprint density at radius 2 is 1.97 bits per heavy atom. The molecule has 0 bridgehead atoms. The third-order valence-electron chi connectivity index (χ3n) is 5.39. The van der Waals surface area contributed by atoms with Crippen LogP contribution in [0.25, 0.3) is 10.1 Å². The number of hydrogen-bond acceptors (Lipinski definition) is 5. The van der Waals surface area contributed by atoms with E-state index in [0.29, 0.717) is 24.8 Å². The zero-order valence-corrected chi connectivity index (χ0v) is 18.9. The molecule has 0 unspecified atom stereocenters. The van der Waals surface area contributed by atoms with Crippen LogP contribution in [0.3, 0.4) is 0 Å². The highest BCUT2D eigenvalue weighted by Crippen LogP contribution is 2.32. The summed E-state index contributed by atoms with van der Waals surface area (Å²) in [6, 6.07) is 14.9. The van der Waals surface area contributed by atoms with Crippen LogP contribution >= 0.6 is 11.3 Å².